The van der Waals surface area contributed by atoms with Crippen LogP contribution in [0.4, 0.5) is 0 Å². The van der Waals surface area contributed by atoms with Gasteiger partial charge in [0.05, 0.1) is 0 Å². The lowest BCUT2D eigenvalue weighted by Gasteiger charge is -2.45. The Hall–Kier alpha value is -0.820. The third kappa shape index (κ3) is 2.23. The van der Waals surface area contributed by atoms with Crippen molar-refractivity contribution in [2.24, 2.45) is 5.92 Å². The highest BCUT2D eigenvalue weighted by molar-refractivity contribution is 5.37. The van der Waals surface area contributed by atoms with Crippen molar-refractivity contribution in [2.75, 3.05) is 19.6 Å². The fourth-order valence-corrected chi connectivity index (χ4v) is 4.36. The van der Waals surface area contributed by atoms with Crippen LogP contribution in [-0.4, -0.2) is 24.5 Å². The average molecular weight is 255 g/mol. The fourth-order valence-electron chi connectivity index (χ4n) is 4.36. The lowest BCUT2D eigenvalue weighted by molar-refractivity contribution is 0.140. The van der Waals surface area contributed by atoms with Crippen LogP contribution in [-0.2, 0) is 11.8 Å². The molecule has 1 aromatic rings. The van der Waals surface area contributed by atoms with Crippen LogP contribution < -0.4 is 0 Å². The lowest BCUT2D eigenvalue weighted by Crippen LogP contribution is -2.44. The molecule has 1 aromatic carbocycles. The van der Waals surface area contributed by atoms with Crippen molar-refractivity contribution in [1.82, 2.24) is 4.90 Å². The van der Waals surface area contributed by atoms with E-state index in [1.807, 2.05) is 0 Å². The fraction of sp³-hybridized carbons (Fsp3) is 0.667. The molecule has 3 aliphatic rings. The summed E-state index contributed by atoms with van der Waals surface area (Å²) in [7, 11) is 0. The van der Waals surface area contributed by atoms with E-state index in [0.29, 0.717) is 5.41 Å². The van der Waals surface area contributed by atoms with Gasteiger partial charge in [0.25, 0.3) is 0 Å². The molecule has 0 aromatic heterocycles. The molecule has 1 aliphatic heterocycles. The van der Waals surface area contributed by atoms with Crippen molar-refractivity contribution >= 4 is 0 Å². The molecule has 0 bridgehead atoms. The molecule has 102 valence electrons. The van der Waals surface area contributed by atoms with Gasteiger partial charge in [-0.2, -0.15) is 0 Å². The molecule has 2 fully saturated rings. The number of rotatable bonds is 2. The van der Waals surface area contributed by atoms with Gasteiger partial charge in [0.2, 0.25) is 0 Å². The van der Waals surface area contributed by atoms with Gasteiger partial charge < -0.3 is 4.90 Å². The van der Waals surface area contributed by atoms with Crippen LogP contribution in [0.25, 0.3) is 0 Å². The monoisotopic (exact) mass is 255 g/mol. The molecule has 1 saturated carbocycles. The summed E-state index contributed by atoms with van der Waals surface area (Å²) in [6, 6.07) is 9.26. The van der Waals surface area contributed by atoms with E-state index in [1.54, 1.807) is 11.1 Å². The number of fused-ring (bicyclic) bond motifs is 2. The second-order valence-corrected chi connectivity index (χ2v) is 7.04. The summed E-state index contributed by atoms with van der Waals surface area (Å²) in [4.78, 5) is 2.74. The van der Waals surface area contributed by atoms with Crippen molar-refractivity contribution in [3.63, 3.8) is 0 Å². The molecule has 4 rings (SSSR count). The summed E-state index contributed by atoms with van der Waals surface area (Å²) >= 11 is 0. The molecular weight excluding hydrogens is 230 g/mol. The third-order valence-electron chi connectivity index (χ3n) is 5.72. The van der Waals surface area contributed by atoms with Crippen molar-refractivity contribution < 1.29 is 0 Å². The standard InChI is InChI=1S/C18H25N/c1-2-6-17-16(4-1)5-3-9-18(17)10-12-19(13-11-18)14-15-7-8-15/h1-2,4,6,15H,3,5,7-14H2. The number of hydrogen-bond donors (Lipinski definition) is 0. The minimum absolute atomic E-state index is 0.537. The van der Waals surface area contributed by atoms with Crippen LogP contribution in [0.2, 0.25) is 0 Å². The van der Waals surface area contributed by atoms with Gasteiger partial charge in [-0.05, 0) is 80.5 Å². The first-order chi connectivity index (χ1) is 9.36. The summed E-state index contributed by atoms with van der Waals surface area (Å²) in [5.41, 5.74) is 3.88. The first kappa shape index (κ1) is 12.0. The molecule has 0 unspecified atom stereocenters. The Balaban J connectivity index is 1.52. The predicted octanol–water partition coefficient (Wildman–Crippen LogP) is 3.77. The van der Waals surface area contributed by atoms with Crippen LogP contribution in [0.5, 0.6) is 0 Å². The smallest absolute Gasteiger partial charge is 0.000967 e. The zero-order valence-electron chi connectivity index (χ0n) is 11.9. The first-order valence-corrected chi connectivity index (χ1v) is 8.16. The largest absolute Gasteiger partial charge is 0.303 e. The van der Waals surface area contributed by atoms with Crippen LogP contribution in [0.3, 0.4) is 0 Å². The molecule has 1 nitrogen and oxygen atoms in total. The molecule has 1 heterocycles. The summed E-state index contributed by atoms with van der Waals surface area (Å²) < 4.78 is 0. The van der Waals surface area contributed by atoms with E-state index in [-0.39, 0.29) is 0 Å². The normalized spacial score (nSPS) is 26.3. The number of piperidine rings is 1. The van der Waals surface area contributed by atoms with Crippen molar-refractivity contribution in [3.8, 4) is 0 Å². The Morgan fingerprint density at radius 1 is 1.05 bits per heavy atom. The van der Waals surface area contributed by atoms with Gasteiger partial charge in [-0.25, -0.2) is 0 Å². The summed E-state index contributed by atoms with van der Waals surface area (Å²) in [5.74, 6) is 1.05. The second-order valence-electron chi connectivity index (χ2n) is 7.04. The molecule has 0 amide bonds. The van der Waals surface area contributed by atoms with Crippen molar-refractivity contribution in [3.05, 3.63) is 35.4 Å². The minimum Gasteiger partial charge on any atom is -0.303 e. The Bertz CT molecular complexity index is 453. The predicted molar refractivity (Wildman–Crippen MR) is 79.5 cm³/mol. The van der Waals surface area contributed by atoms with E-state index >= 15 is 0 Å². The molecule has 0 radical (unpaired) electrons. The highest BCUT2D eigenvalue weighted by Crippen LogP contribution is 2.45. The molecular formula is C18H25N. The first-order valence-electron chi connectivity index (χ1n) is 8.16. The van der Waals surface area contributed by atoms with Crippen LogP contribution in [0, 0.1) is 5.92 Å². The highest BCUT2D eigenvalue weighted by atomic mass is 15.1. The minimum atomic E-state index is 0.537. The van der Waals surface area contributed by atoms with Crippen molar-refractivity contribution in [1.29, 1.82) is 0 Å². The zero-order valence-corrected chi connectivity index (χ0v) is 11.9. The number of likely N-dealkylation sites (tertiary alicyclic amines) is 1. The van der Waals surface area contributed by atoms with Gasteiger partial charge >= 0.3 is 0 Å². The van der Waals surface area contributed by atoms with Crippen LogP contribution >= 0.6 is 0 Å². The Morgan fingerprint density at radius 3 is 2.63 bits per heavy atom. The van der Waals surface area contributed by atoms with E-state index in [1.165, 1.54) is 64.6 Å². The third-order valence-corrected chi connectivity index (χ3v) is 5.72. The summed E-state index contributed by atoms with van der Waals surface area (Å²) in [6.45, 7) is 4.06. The Morgan fingerprint density at radius 2 is 1.84 bits per heavy atom. The summed E-state index contributed by atoms with van der Waals surface area (Å²) in [6.07, 6.45) is 9.92. The lowest BCUT2D eigenvalue weighted by atomic mass is 9.65. The van der Waals surface area contributed by atoms with Gasteiger partial charge in [0.15, 0.2) is 0 Å². The summed E-state index contributed by atoms with van der Waals surface area (Å²) in [5, 5.41) is 0. The van der Waals surface area contributed by atoms with Crippen LogP contribution in [0.15, 0.2) is 24.3 Å². The Labute approximate surface area is 117 Å². The maximum atomic E-state index is 2.74. The SMILES string of the molecule is c1ccc2c(c1)CCCC21CCN(CC2CC2)CC1. The molecule has 1 spiro atoms. The van der Waals surface area contributed by atoms with E-state index in [0.717, 1.165) is 5.92 Å². The van der Waals surface area contributed by atoms with E-state index < -0.39 is 0 Å². The zero-order chi connectivity index (χ0) is 12.7. The molecule has 1 heteroatoms. The van der Waals surface area contributed by atoms with Gasteiger partial charge in [-0.3, -0.25) is 0 Å². The van der Waals surface area contributed by atoms with E-state index in [2.05, 4.69) is 29.2 Å². The maximum Gasteiger partial charge on any atom is 0.000967 e. The molecule has 2 aliphatic carbocycles. The van der Waals surface area contributed by atoms with Gasteiger partial charge in [0.1, 0.15) is 0 Å². The van der Waals surface area contributed by atoms with E-state index in [4.69, 9.17) is 0 Å². The molecule has 19 heavy (non-hydrogen) atoms. The van der Waals surface area contributed by atoms with E-state index in [9.17, 15) is 0 Å². The van der Waals surface area contributed by atoms with Gasteiger partial charge in [0, 0.05) is 6.54 Å². The van der Waals surface area contributed by atoms with Gasteiger partial charge in [-0.1, -0.05) is 24.3 Å². The topological polar surface area (TPSA) is 3.24 Å². The Kier molecular flexibility index (Phi) is 2.91. The number of nitrogens with zero attached hydrogens (tertiary/aromatic N) is 1. The molecule has 1 saturated heterocycles. The quantitative estimate of drug-likeness (QED) is 0.777. The van der Waals surface area contributed by atoms with Gasteiger partial charge in [-0.15, -0.1) is 0 Å². The maximum absolute atomic E-state index is 2.74. The highest BCUT2D eigenvalue weighted by Gasteiger charge is 2.39. The van der Waals surface area contributed by atoms with Crippen LogP contribution in [0.1, 0.15) is 49.7 Å². The number of hydrogen-bond acceptors (Lipinski definition) is 1. The average Bonchev–Trinajstić information content (AvgIpc) is 3.26. The van der Waals surface area contributed by atoms with Crippen molar-refractivity contribution in [2.45, 2.75) is 50.4 Å². The number of aryl methyl sites for hydroxylation is 1. The number of benzene rings is 1. The second kappa shape index (κ2) is 4.63. The molecule has 0 N–H and O–H groups in total. The molecule has 0 atom stereocenters.